The third-order valence-electron chi connectivity index (χ3n) is 10.0. The number of hydrogen-bond donors (Lipinski definition) is 1. The first-order valence-corrected chi connectivity index (χ1v) is 20.8. The van der Waals surface area contributed by atoms with Gasteiger partial charge in [-0.2, -0.15) is 4.58 Å². The molecule has 1 unspecified atom stereocenters. The van der Waals surface area contributed by atoms with Crippen LogP contribution in [0.15, 0.2) is 82.3 Å². The molecule has 1 N–H and O–H groups in total. The maximum Gasteiger partial charge on any atom is 0.303 e. The summed E-state index contributed by atoms with van der Waals surface area (Å²) in [5.41, 5.74) is 3.46. The van der Waals surface area contributed by atoms with Crippen molar-refractivity contribution >= 4 is 43.3 Å². The fourth-order valence-corrected chi connectivity index (χ4v) is 8.16. The second-order valence-electron chi connectivity index (χ2n) is 14.0. The number of benzene rings is 2. The summed E-state index contributed by atoms with van der Waals surface area (Å²) in [6.07, 6.45) is 12.0. The summed E-state index contributed by atoms with van der Waals surface area (Å²) in [6, 6.07) is 8.89. The third-order valence-corrected chi connectivity index (χ3v) is 11.7. The molecule has 0 saturated carbocycles. The number of fused-ring (bicyclic) bond motifs is 2. The summed E-state index contributed by atoms with van der Waals surface area (Å²) in [7, 11) is -7.76. The molecule has 4 rings (SSSR count). The monoisotopic (exact) mass is 787 g/mol. The fraction of sp³-hybridized carbons (Fsp3) is 0.487. The van der Waals surface area contributed by atoms with Crippen LogP contribution < -0.4 is 4.90 Å². The number of allylic oxidation sites excluding steroid dienone is 6. The molecule has 2 aliphatic rings. The van der Waals surface area contributed by atoms with E-state index in [0.717, 1.165) is 28.3 Å². The predicted octanol–water partition coefficient (Wildman–Crippen LogP) is 5.38. The number of carboxylic acids is 1. The molecule has 1 atom stereocenters. The lowest BCUT2D eigenvalue weighted by molar-refractivity contribution is -0.433. The first kappa shape index (κ1) is 43.0. The Hall–Kier alpha value is -3.70. The van der Waals surface area contributed by atoms with E-state index in [-0.39, 0.29) is 16.2 Å². The Labute approximate surface area is 319 Å². The lowest BCUT2D eigenvalue weighted by atomic mass is 9.78. The minimum absolute atomic E-state index is 0.0680. The van der Waals surface area contributed by atoms with Gasteiger partial charge >= 0.3 is 5.97 Å². The molecular weight excluding hydrogens is 737 g/mol. The number of nitrogens with zero attached hydrogens (tertiary/aromatic N) is 2. The Balaban J connectivity index is 1.67. The van der Waals surface area contributed by atoms with Crippen molar-refractivity contribution in [2.24, 2.45) is 0 Å². The topological polar surface area (TPSA) is 186 Å². The van der Waals surface area contributed by atoms with Crippen molar-refractivity contribution in [1.29, 1.82) is 0 Å². The third kappa shape index (κ3) is 10.1. The fourth-order valence-electron chi connectivity index (χ4n) is 7.16. The van der Waals surface area contributed by atoms with Gasteiger partial charge in [-0.15, -0.1) is 0 Å². The van der Waals surface area contributed by atoms with Crippen LogP contribution in [0.5, 0.6) is 0 Å². The molecule has 0 fully saturated rings. The van der Waals surface area contributed by atoms with Crippen LogP contribution in [0.2, 0.25) is 0 Å². The van der Waals surface area contributed by atoms with Crippen molar-refractivity contribution in [2.75, 3.05) is 58.1 Å². The minimum atomic E-state index is -4.74. The summed E-state index contributed by atoms with van der Waals surface area (Å²) < 4.78 is 90.3. The lowest BCUT2D eigenvalue weighted by Crippen LogP contribution is -2.30. The molecule has 2 aromatic rings. The van der Waals surface area contributed by atoms with E-state index in [0.29, 0.717) is 77.4 Å². The molecule has 13 nitrogen and oxygen atoms in total. The summed E-state index contributed by atoms with van der Waals surface area (Å²) in [6.45, 7) is 11.1. The molecule has 0 aliphatic carbocycles. The molecular formula is C39H51N2O11S2-. The van der Waals surface area contributed by atoms with Gasteiger partial charge in [0.2, 0.25) is 5.69 Å². The number of unbranched alkanes of at least 4 members (excludes halogenated alkanes) is 2. The molecule has 296 valence electrons. The maximum absolute atomic E-state index is 12.1. The standard InChI is InChI=1S/C39H52N2O11S2/c1-6-40-33-18-16-29(53(44,45)46)27-31(33)38(2,3)35(40)13-9-7-10-14-36-39(4,20-22-51-25-26-52-24-23-50-5)32-28-30(54(47,48)49)17-19-34(32)41(36)21-12-8-11-15-37(42)43/h7,9-10,13-14,16-19,27-28H,6,8,11-12,15,20-26H2,1-5H3,(H2-,42,43,44,45,46,47,48,49)/p-1. The van der Waals surface area contributed by atoms with Crippen molar-refractivity contribution in [3.8, 4) is 0 Å². The molecule has 54 heavy (non-hydrogen) atoms. The Morgan fingerprint density at radius 3 is 2.11 bits per heavy atom. The van der Waals surface area contributed by atoms with E-state index in [2.05, 4.69) is 9.48 Å². The van der Waals surface area contributed by atoms with Gasteiger partial charge in [0.05, 0.1) is 41.6 Å². The van der Waals surface area contributed by atoms with E-state index in [9.17, 15) is 30.7 Å². The Morgan fingerprint density at radius 1 is 0.852 bits per heavy atom. The number of hydrogen-bond acceptors (Lipinski definition) is 11. The van der Waals surface area contributed by atoms with E-state index < -0.39 is 37.0 Å². The van der Waals surface area contributed by atoms with Gasteiger partial charge in [0.25, 0.3) is 0 Å². The second kappa shape index (κ2) is 18.3. The quantitative estimate of drug-likeness (QED) is 0.0739. The summed E-state index contributed by atoms with van der Waals surface area (Å²) >= 11 is 0. The summed E-state index contributed by atoms with van der Waals surface area (Å²) in [4.78, 5) is 12.6. The highest BCUT2D eigenvalue weighted by molar-refractivity contribution is 7.86. The molecule has 15 heteroatoms. The number of carbonyl (C=O) groups is 1. The highest BCUT2D eigenvalue weighted by Crippen LogP contribution is 2.51. The van der Waals surface area contributed by atoms with Gasteiger partial charge in [-0.1, -0.05) is 24.6 Å². The maximum atomic E-state index is 12.1. The molecule has 2 aromatic carbocycles. The van der Waals surface area contributed by atoms with E-state index in [1.54, 1.807) is 19.2 Å². The zero-order valence-electron chi connectivity index (χ0n) is 31.6. The molecule has 0 amide bonds. The zero-order valence-corrected chi connectivity index (χ0v) is 33.2. The van der Waals surface area contributed by atoms with Gasteiger partial charge in [0.1, 0.15) is 26.8 Å². The molecule has 0 spiro atoms. The minimum Gasteiger partial charge on any atom is -0.744 e. The van der Waals surface area contributed by atoms with Gasteiger partial charge in [-0.25, -0.2) is 16.8 Å². The average Bonchev–Trinajstić information content (AvgIpc) is 3.46. The van der Waals surface area contributed by atoms with E-state index in [4.69, 9.17) is 19.3 Å². The number of aliphatic carboxylic acids is 1. The molecule has 0 radical (unpaired) electrons. The van der Waals surface area contributed by atoms with Crippen LogP contribution in [0.4, 0.5) is 11.4 Å². The first-order chi connectivity index (χ1) is 25.5. The van der Waals surface area contributed by atoms with Gasteiger partial charge < -0.3 is 33.3 Å². The average molecular weight is 788 g/mol. The number of anilines is 1. The number of carboxylic acid groups (broad SMARTS) is 1. The largest absolute Gasteiger partial charge is 0.744 e. The zero-order chi connectivity index (χ0) is 39.7. The van der Waals surface area contributed by atoms with Crippen LogP contribution in [0.3, 0.4) is 0 Å². The van der Waals surface area contributed by atoms with Crippen molar-refractivity contribution < 1.29 is 54.6 Å². The summed E-state index contributed by atoms with van der Waals surface area (Å²) in [5, 5.41) is 9.11. The second-order valence-corrected chi connectivity index (χ2v) is 16.7. The van der Waals surface area contributed by atoms with Crippen LogP contribution in [-0.2, 0) is 50.1 Å². The van der Waals surface area contributed by atoms with Crippen LogP contribution in [0, 0.1) is 0 Å². The SMILES string of the molecule is CC[N+]1=C(C=CC=CC=C2N(CCCCCC(=O)O)c3ccc(S(=O)(=O)[O-])cc3C2(C)CCOCCOCCOC)C(C)(C)c2cc(S(=O)(=O)[O-])ccc21. The van der Waals surface area contributed by atoms with Crippen molar-refractivity contribution in [2.45, 2.75) is 80.4 Å². The van der Waals surface area contributed by atoms with Crippen LogP contribution in [0.1, 0.15) is 70.9 Å². The van der Waals surface area contributed by atoms with E-state index >= 15 is 0 Å². The van der Waals surface area contributed by atoms with Gasteiger partial charge in [0, 0.05) is 61.2 Å². The number of rotatable bonds is 21. The highest BCUT2D eigenvalue weighted by Gasteiger charge is 2.45. The summed E-state index contributed by atoms with van der Waals surface area (Å²) in [5.74, 6) is -0.853. The van der Waals surface area contributed by atoms with Crippen LogP contribution >= 0.6 is 0 Å². The Kier molecular flexibility index (Phi) is 14.6. The van der Waals surface area contributed by atoms with E-state index in [1.807, 2.05) is 58.1 Å². The van der Waals surface area contributed by atoms with Crippen molar-refractivity contribution in [3.63, 3.8) is 0 Å². The van der Waals surface area contributed by atoms with E-state index in [1.165, 1.54) is 24.3 Å². The molecule has 0 saturated heterocycles. The molecule has 2 heterocycles. The Bertz CT molecular complexity index is 2020. The molecule has 0 bridgehead atoms. The number of methoxy groups -OCH3 is 1. The normalized spacial score (nSPS) is 19.1. The molecule has 0 aromatic heterocycles. The van der Waals surface area contributed by atoms with Gasteiger partial charge in [-0.3, -0.25) is 4.79 Å². The number of ether oxygens (including phenoxy) is 3. The lowest BCUT2D eigenvalue weighted by Gasteiger charge is -2.30. The van der Waals surface area contributed by atoms with Gasteiger partial charge in [0.15, 0.2) is 5.71 Å². The van der Waals surface area contributed by atoms with Crippen molar-refractivity contribution in [1.82, 2.24) is 0 Å². The van der Waals surface area contributed by atoms with Crippen LogP contribution in [-0.4, -0.2) is 101 Å². The molecule has 2 aliphatic heterocycles. The van der Waals surface area contributed by atoms with Gasteiger partial charge in [-0.05, 0) is 88.9 Å². The van der Waals surface area contributed by atoms with Crippen LogP contribution in [0.25, 0.3) is 0 Å². The van der Waals surface area contributed by atoms with Crippen molar-refractivity contribution in [3.05, 3.63) is 83.6 Å². The highest BCUT2D eigenvalue weighted by atomic mass is 32.2. The Morgan fingerprint density at radius 2 is 1.48 bits per heavy atom. The first-order valence-electron chi connectivity index (χ1n) is 18.0. The predicted molar refractivity (Wildman–Crippen MR) is 203 cm³/mol. The smallest absolute Gasteiger partial charge is 0.303 e.